The summed E-state index contributed by atoms with van der Waals surface area (Å²) in [5.41, 5.74) is 9.28. The molecule has 1 aromatic heterocycles. The zero-order valence-corrected chi connectivity index (χ0v) is 23.9. The number of benzene rings is 2. The normalized spacial score (nSPS) is 21.9. The van der Waals surface area contributed by atoms with Crippen LogP contribution in [-0.4, -0.2) is 43.5 Å². The molecule has 204 valence electrons. The monoisotopic (exact) mass is 552 g/mol. The number of nitrogens with two attached hydrogens (primary N) is 1. The van der Waals surface area contributed by atoms with Gasteiger partial charge in [0.1, 0.15) is 0 Å². The Morgan fingerprint density at radius 3 is 2.39 bits per heavy atom. The molecule has 3 N–H and O–H groups in total. The zero-order valence-electron chi connectivity index (χ0n) is 22.3. The van der Waals surface area contributed by atoms with E-state index in [1.165, 1.54) is 23.4 Å². The Morgan fingerprint density at radius 2 is 1.68 bits per heavy atom. The molecule has 1 atom stereocenters. The van der Waals surface area contributed by atoms with E-state index in [2.05, 4.69) is 21.5 Å². The molecule has 1 saturated carbocycles. The van der Waals surface area contributed by atoms with E-state index >= 15 is 0 Å². The molecule has 0 bridgehead atoms. The first-order chi connectivity index (χ1) is 18.4. The summed E-state index contributed by atoms with van der Waals surface area (Å²) in [4.78, 5) is 8.98. The number of nitrogens with one attached hydrogen (secondary N) is 1. The first-order valence-corrected chi connectivity index (χ1v) is 16.4. The molecule has 2 aliphatic rings. The topological polar surface area (TPSA) is 88.3 Å². The molecule has 38 heavy (non-hydrogen) atoms. The van der Waals surface area contributed by atoms with Crippen molar-refractivity contribution < 1.29 is 8.42 Å². The smallest absolute Gasteiger partial charge is 0.240 e. The minimum Gasteiger partial charge on any atom is -0.375 e. The molecular formula is C30H40N4O2S2. The minimum atomic E-state index is -3.52. The molecular weight excluding hydrogens is 512 g/mol. The molecule has 2 aliphatic carbocycles. The van der Waals surface area contributed by atoms with Crippen LogP contribution < -0.4 is 10.5 Å². The van der Waals surface area contributed by atoms with Crippen LogP contribution in [0.4, 0.5) is 5.13 Å². The number of sulfonamides is 1. The lowest BCUT2D eigenvalue weighted by molar-refractivity contribution is 0.158. The molecule has 0 saturated heterocycles. The van der Waals surface area contributed by atoms with Crippen LogP contribution in [0.15, 0.2) is 59.5 Å². The zero-order chi connectivity index (χ0) is 26.5. The van der Waals surface area contributed by atoms with E-state index < -0.39 is 10.0 Å². The molecule has 6 nitrogen and oxygen atoms in total. The van der Waals surface area contributed by atoms with Crippen LogP contribution in [0.1, 0.15) is 62.4 Å². The number of fused-ring (bicyclic) bond motifs is 1. The Morgan fingerprint density at radius 1 is 0.974 bits per heavy atom. The molecule has 3 aromatic rings. The average molecular weight is 553 g/mol. The molecule has 1 unspecified atom stereocenters. The van der Waals surface area contributed by atoms with Gasteiger partial charge in [0.05, 0.1) is 10.6 Å². The Hall–Kier alpha value is -2.26. The fourth-order valence-corrected chi connectivity index (χ4v) is 8.30. The van der Waals surface area contributed by atoms with E-state index in [0.717, 1.165) is 69.2 Å². The maximum absolute atomic E-state index is 13.1. The number of thiazole rings is 1. The highest BCUT2D eigenvalue weighted by molar-refractivity contribution is 7.89. The molecule has 0 spiro atoms. The van der Waals surface area contributed by atoms with Gasteiger partial charge in [-0.1, -0.05) is 49.4 Å². The molecule has 0 amide bonds. The highest BCUT2D eigenvalue weighted by Crippen LogP contribution is 2.32. The summed E-state index contributed by atoms with van der Waals surface area (Å²) in [6, 6.07) is 17.8. The maximum Gasteiger partial charge on any atom is 0.240 e. The van der Waals surface area contributed by atoms with Crippen molar-refractivity contribution >= 4 is 26.5 Å². The standard InChI is InChI=1S/C30H40N4O2S2/c1-2-19-34(26-14-17-29-28(21-26)32-30(31)37-29)20-18-22-8-12-25(13-9-22)33-38(35,36)27-15-10-24(11-16-27)23-6-4-3-5-7-23/h3-7,10-11,15-16,22,25-26,33H,2,8-9,12-14,17-21H2,1H3,(H2,31,32). The van der Waals surface area contributed by atoms with Crippen LogP contribution in [0.5, 0.6) is 0 Å². The van der Waals surface area contributed by atoms with Crippen molar-refractivity contribution in [2.75, 3.05) is 18.8 Å². The Kier molecular flexibility index (Phi) is 8.83. The average Bonchev–Trinajstić information content (AvgIpc) is 3.31. The van der Waals surface area contributed by atoms with Crippen LogP contribution >= 0.6 is 11.3 Å². The van der Waals surface area contributed by atoms with E-state index in [0.29, 0.717) is 22.0 Å². The summed E-state index contributed by atoms with van der Waals surface area (Å²) in [5.74, 6) is 0.661. The van der Waals surface area contributed by atoms with Gasteiger partial charge in [0.2, 0.25) is 10.0 Å². The molecule has 0 radical (unpaired) electrons. The fourth-order valence-electron chi connectivity index (χ4n) is 6.12. The van der Waals surface area contributed by atoms with E-state index in [-0.39, 0.29) is 6.04 Å². The molecule has 8 heteroatoms. The molecule has 2 aromatic carbocycles. The van der Waals surface area contributed by atoms with Crippen molar-refractivity contribution in [3.8, 4) is 11.1 Å². The molecule has 5 rings (SSSR count). The first kappa shape index (κ1) is 27.3. The number of nitrogen functional groups attached to an aromatic ring is 1. The number of nitrogens with zero attached hydrogens (tertiary/aromatic N) is 2. The summed E-state index contributed by atoms with van der Waals surface area (Å²) in [7, 11) is -3.52. The minimum absolute atomic E-state index is 0.0173. The van der Waals surface area contributed by atoms with Gasteiger partial charge in [-0.05, 0) is 93.6 Å². The van der Waals surface area contributed by atoms with Gasteiger partial charge in [0.25, 0.3) is 0 Å². The Balaban J connectivity index is 1.10. The SMILES string of the molecule is CCCN(CCC1CCC(NS(=O)(=O)c2ccc(-c3ccccc3)cc2)CC1)C1CCc2sc(N)nc2C1. The number of aromatic nitrogens is 1. The Bertz CT molecular complexity index is 1280. The third-order valence-corrected chi connectivity index (χ3v) is 10.7. The van der Waals surface area contributed by atoms with E-state index in [9.17, 15) is 8.42 Å². The molecule has 1 heterocycles. The summed E-state index contributed by atoms with van der Waals surface area (Å²) < 4.78 is 29.1. The maximum atomic E-state index is 13.1. The second-order valence-electron chi connectivity index (χ2n) is 10.9. The van der Waals surface area contributed by atoms with Gasteiger partial charge in [0, 0.05) is 23.4 Å². The number of rotatable bonds is 10. The van der Waals surface area contributed by atoms with E-state index in [1.54, 1.807) is 23.5 Å². The largest absolute Gasteiger partial charge is 0.375 e. The van der Waals surface area contributed by atoms with Crippen LogP contribution in [-0.2, 0) is 22.9 Å². The van der Waals surface area contributed by atoms with Gasteiger partial charge in [-0.3, -0.25) is 4.90 Å². The van der Waals surface area contributed by atoms with Crippen molar-refractivity contribution in [3.63, 3.8) is 0 Å². The number of aryl methyl sites for hydroxylation is 1. The molecule has 1 fully saturated rings. The van der Waals surface area contributed by atoms with Crippen molar-refractivity contribution in [1.82, 2.24) is 14.6 Å². The number of hydrogen-bond donors (Lipinski definition) is 2. The summed E-state index contributed by atoms with van der Waals surface area (Å²) >= 11 is 1.65. The van der Waals surface area contributed by atoms with Crippen LogP contribution in [0.25, 0.3) is 11.1 Å². The number of anilines is 1. The van der Waals surface area contributed by atoms with Crippen molar-refractivity contribution in [3.05, 3.63) is 65.2 Å². The van der Waals surface area contributed by atoms with Crippen LogP contribution in [0.2, 0.25) is 0 Å². The highest BCUT2D eigenvalue weighted by Gasteiger charge is 2.29. The van der Waals surface area contributed by atoms with Gasteiger partial charge in [-0.15, -0.1) is 11.3 Å². The van der Waals surface area contributed by atoms with Gasteiger partial charge in [-0.2, -0.15) is 0 Å². The highest BCUT2D eigenvalue weighted by atomic mass is 32.2. The first-order valence-electron chi connectivity index (χ1n) is 14.1. The van der Waals surface area contributed by atoms with Gasteiger partial charge >= 0.3 is 0 Å². The van der Waals surface area contributed by atoms with Crippen LogP contribution in [0.3, 0.4) is 0 Å². The lowest BCUT2D eigenvalue weighted by Crippen LogP contribution is -2.41. The van der Waals surface area contributed by atoms with Crippen LogP contribution in [0, 0.1) is 5.92 Å². The summed E-state index contributed by atoms with van der Waals surface area (Å²) in [5, 5.41) is 0.703. The van der Waals surface area contributed by atoms with E-state index in [1.807, 2.05) is 42.5 Å². The second-order valence-corrected chi connectivity index (χ2v) is 13.7. The van der Waals surface area contributed by atoms with Crippen molar-refractivity contribution in [1.29, 1.82) is 0 Å². The summed E-state index contributed by atoms with van der Waals surface area (Å²) in [6.45, 7) is 4.49. The number of hydrogen-bond acceptors (Lipinski definition) is 6. The lowest BCUT2D eigenvalue weighted by atomic mass is 9.84. The third kappa shape index (κ3) is 6.65. The molecule has 0 aliphatic heterocycles. The van der Waals surface area contributed by atoms with Gasteiger partial charge < -0.3 is 5.73 Å². The van der Waals surface area contributed by atoms with Gasteiger partial charge in [-0.25, -0.2) is 18.1 Å². The summed E-state index contributed by atoms with van der Waals surface area (Å²) in [6.07, 6.45) is 9.62. The predicted octanol–water partition coefficient (Wildman–Crippen LogP) is 5.89. The Labute approximate surface area is 231 Å². The fraction of sp³-hybridized carbons (Fsp3) is 0.500. The van der Waals surface area contributed by atoms with Crippen molar-refractivity contribution in [2.24, 2.45) is 5.92 Å². The lowest BCUT2D eigenvalue weighted by Gasteiger charge is -2.36. The van der Waals surface area contributed by atoms with Crippen molar-refractivity contribution in [2.45, 2.75) is 81.7 Å². The second kappa shape index (κ2) is 12.3. The predicted molar refractivity (Wildman–Crippen MR) is 157 cm³/mol. The third-order valence-electron chi connectivity index (χ3n) is 8.22. The van der Waals surface area contributed by atoms with Gasteiger partial charge in [0.15, 0.2) is 5.13 Å². The van der Waals surface area contributed by atoms with E-state index in [4.69, 9.17) is 5.73 Å². The quantitative estimate of drug-likeness (QED) is 0.327.